The molecule has 6 heteroatoms. The maximum Gasteiger partial charge on any atom is 0.387 e. The molecule has 112 valence electrons. The summed E-state index contributed by atoms with van der Waals surface area (Å²) in [4.78, 5) is 4.26. The average molecular weight is 294 g/mol. The van der Waals surface area contributed by atoms with Crippen LogP contribution in [-0.2, 0) is 0 Å². The Labute approximate surface area is 121 Å². The quantitative estimate of drug-likeness (QED) is 0.859. The highest BCUT2D eigenvalue weighted by atomic mass is 19.3. The number of aliphatic hydroxyl groups excluding tert-OH is 1. The Morgan fingerprint density at radius 2 is 1.90 bits per heavy atom. The number of ether oxygens (including phenoxy) is 1. The predicted octanol–water partition coefficient (Wildman–Crippen LogP) is 3.14. The van der Waals surface area contributed by atoms with Gasteiger partial charge in [-0.2, -0.15) is 8.78 Å². The summed E-state index contributed by atoms with van der Waals surface area (Å²) >= 11 is 0. The fourth-order valence-corrected chi connectivity index (χ4v) is 1.83. The van der Waals surface area contributed by atoms with E-state index < -0.39 is 12.7 Å². The van der Waals surface area contributed by atoms with Crippen molar-refractivity contribution in [3.05, 3.63) is 53.7 Å². The number of hydrogen-bond donors (Lipinski definition) is 2. The van der Waals surface area contributed by atoms with Gasteiger partial charge in [0.1, 0.15) is 11.6 Å². The topological polar surface area (TPSA) is 54.4 Å². The molecule has 1 aromatic carbocycles. The molecule has 1 aromatic heterocycles. The molecule has 0 unspecified atom stereocenters. The van der Waals surface area contributed by atoms with Crippen LogP contribution in [0.2, 0.25) is 0 Å². The zero-order chi connectivity index (χ0) is 15.2. The van der Waals surface area contributed by atoms with E-state index in [1.807, 2.05) is 19.1 Å². The van der Waals surface area contributed by atoms with Crippen molar-refractivity contribution < 1.29 is 18.6 Å². The van der Waals surface area contributed by atoms with Crippen molar-refractivity contribution in [1.29, 1.82) is 0 Å². The van der Waals surface area contributed by atoms with E-state index in [1.54, 1.807) is 18.2 Å². The third-order valence-corrected chi connectivity index (χ3v) is 2.85. The summed E-state index contributed by atoms with van der Waals surface area (Å²) in [5.74, 6) is 0.737. The largest absolute Gasteiger partial charge is 0.435 e. The zero-order valence-corrected chi connectivity index (χ0v) is 11.5. The minimum absolute atomic E-state index is 0.0641. The van der Waals surface area contributed by atoms with E-state index in [-0.39, 0.29) is 12.3 Å². The molecule has 21 heavy (non-hydrogen) atoms. The number of anilines is 1. The van der Waals surface area contributed by atoms with Crippen molar-refractivity contribution in [3.8, 4) is 5.75 Å². The number of halogens is 2. The molecule has 1 heterocycles. The molecule has 0 fully saturated rings. The van der Waals surface area contributed by atoms with Gasteiger partial charge in [0, 0.05) is 12.2 Å². The Balaban J connectivity index is 1.92. The lowest BCUT2D eigenvalue weighted by molar-refractivity contribution is -0.0498. The van der Waals surface area contributed by atoms with Gasteiger partial charge in [-0.1, -0.05) is 18.2 Å². The highest BCUT2D eigenvalue weighted by Crippen LogP contribution is 2.19. The number of pyridine rings is 1. The molecule has 0 bridgehead atoms. The van der Waals surface area contributed by atoms with Gasteiger partial charge in [-0.3, -0.25) is 0 Å². The molecule has 1 atom stereocenters. The molecule has 0 radical (unpaired) electrons. The van der Waals surface area contributed by atoms with Crippen LogP contribution in [0.4, 0.5) is 14.6 Å². The monoisotopic (exact) mass is 294 g/mol. The molecule has 0 amide bonds. The second-order valence-corrected chi connectivity index (χ2v) is 4.51. The van der Waals surface area contributed by atoms with Gasteiger partial charge in [0.25, 0.3) is 0 Å². The molecule has 4 nitrogen and oxygen atoms in total. The van der Waals surface area contributed by atoms with Crippen LogP contribution in [0.25, 0.3) is 0 Å². The molecule has 2 N–H and O–H groups in total. The minimum Gasteiger partial charge on any atom is -0.435 e. The van der Waals surface area contributed by atoms with Crippen LogP contribution in [0.1, 0.15) is 17.4 Å². The van der Waals surface area contributed by atoms with Gasteiger partial charge in [-0.05, 0) is 36.8 Å². The summed E-state index contributed by atoms with van der Waals surface area (Å²) in [7, 11) is 0. The first kappa shape index (κ1) is 15.2. The Morgan fingerprint density at radius 1 is 1.19 bits per heavy atom. The summed E-state index contributed by atoms with van der Waals surface area (Å²) < 4.78 is 28.3. The van der Waals surface area contributed by atoms with Crippen molar-refractivity contribution in [3.63, 3.8) is 0 Å². The lowest BCUT2D eigenvalue weighted by atomic mass is 10.1. The number of nitrogens with one attached hydrogen (secondary N) is 1. The predicted molar refractivity (Wildman–Crippen MR) is 75.5 cm³/mol. The van der Waals surface area contributed by atoms with Crippen LogP contribution in [0, 0.1) is 6.92 Å². The molecular formula is C15H16F2N2O2. The van der Waals surface area contributed by atoms with Gasteiger partial charge in [0.2, 0.25) is 0 Å². The normalized spacial score (nSPS) is 12.2. The number of aryl methyl sites for hydroxylation is 1. The first-order chi connectivity index (χ1) is 10.0. The van der Waals surface area contributed by atoms with Gasteiger partial charge in [-0.15, -0.1) is 0 Å². The lowest BCUT2D eigenvalue weighted by Gasteiger charge is -2.13. The average Bonchev–Trinajstić information content (AvgIpc) is 2.45. The summed E-state index contributed by atoms with van der Waals surface area (Å²) in [5, 5.41) is 13.1. The van der Waals surface area contributed by atoms with Crippen LogP contribution in [0.15, 0.2) is 42.5 Å². The second kappa shape index (κ2) is 6.99. The van der Waals surface area contributed by atoms with E-state index in [1.165, 1.54) is 12.1 Å². The Kier molecular flexibility index (Phi) is 5.05. The summed E-state index contributed by atoms with van der Waals surface area (Å²) in [5.41, 5.74) is 1.49. The van der Waals surface area contributed by atoms with E-state index in [2.05, 4.69) is 15.0 Å². The Hall–Kier alpha value is -2.21. The molecule has 0 saturated carbocycles. The molecule has 0 aliphatic rings. The number of aromatic nitrogens is 1. The van der Waals surface area contributed by atoms with E-state index in [0.717, 1.165) is 5.69 Å². The molecule has 0 saturated heterocycles. The highest BCUT2D eigenvalue weighted by Gasteiger charge is 2.09. The number of benzene rings is 1. The first-order valence-corrected chi connectivity index (χ1v) is 6.45. The zero-order valence-electron chi connectivity index (χ0n) is 11.5. The molecule has 0 spiro atoms. The van der Waals surface area contributed by atoms with Crippen molar-refractivity contribution in [2.75, 3.05) is 11.9 Å². The highest BCUT2D eigenvalue weighted by molar-refractivity contribution is 5.36. The van der Waals surface area contributed by atoms with Gasteiger partial charge >= 0.3 is 6.61 Å². The summed E-state index contributed by atoms with van der Waals surface area (Å²) in [6, 6.07) is 11.4. The van der Waals surface area contributed by atoms with Gasteiger partial charge < -0.3 is 15.2 Å². The van der Waals surface area contributed by atoms with Crippen LogP contribution in [0.5, 0.6) is 5.75 Å². The molecule has 2 aromatic rings. The minimum atomic E-state index is -2.85. The molecular weight excluding hydrogens is 278 g/mol. The smallest absolute Gasteiger partial charge is 0.387 e. The first-order valence-electron chi connectivity index (χ1n) is 6.45. The van der Waals surface area contributed by atoms with Gasteiger partial charge in [0.05, 0.1) is 6.10 Å². The maximum atomic E-state index is 12.0. The molecule has 2 rings (SSSR count). The van der Waals surface area contributed by atoms with Crippen LogP contribution in [0.3, 0.4) is 0 Å². The van der Waals surface area contributed by atoms with Crippen molar-refractivity contribution >= 4 is 5.82 Å². The Morgan fingerprint density at radius 3 is 2.52 bits per heavy atom. The number of aliphatic hydroxyl groups is 1. The van der Waals surface area contributed by atoms with E-state index in [9.17, 15) is 13.9 Å². The summed E-state index contributed by atoms with van der Waals surface area (Å²) in [6.07, 6.45) is -0.770. The van der Waals surface area contributed by atoms with Gasteiger partial charge in [0.15, 0.2) is 0 Å². The van der Waals surface area contributed by atoms with Crippen LogP contribution >= 0.6 is 0 Å². The number of nitrogens with zero attached hydrogens (tertiary/aromatic N) is 1. The van der Waals surface area contributed by atoms with Crippen molar-refractivity contribution in [2.45, 2.75) is 19.6 Å². The fourth-order valence-electron chi connectivity index (χ4n) is 1.83. The van der Waals surface area contributed by atoms with Crippen LogP contribution in [-0.4, -0.2) is 23.2 Å². The number of hydrogen-bond acceptors (Lipinski definition) is 4. The fraction of sp³-hybridized carbons (Fsp3) is 0.267. The third-order valence-electron chi connectivity index (χ3n) is 2.85. The maximum absolute atomic E-state index is 12.0. The summed E-state index contributed by atoms with van der Waals surface area (Å²) in [6.45, 7) is -0.704. The molecule has 0 aliphatic carbocycles. The molecule has 0 aliphatic heterocycles. The van der Waals surface area contributed by atoms with Gasteiger partial charge in [-0.25, -0.2) is 4.98 Å². The second-order valence-electron chi connectivity index (χ2n) is 4.51. The van der Waals surface area contributed by atoms with E-state index in [0.29, 0.717) is 11.4 Å². The standard InChI is InChI=1S/C15H16F2N2O2/c1-10-3-2-4-14(19-10)18-9-13(20)11-5-7-12(8-6-11)21-15(16)17/h2-8,13,15,20H,9H2,1H3,(H,18,19)/t13-/m0/s1. The third kappa shape index (κ3) is 4.68. The van der Waals surface area contributed by atoms with E-state index >= 15 is 0 Å². The van der Waals surface area contributed by atoms with Crippen molar-refractivity contribution in [1.82, 2.24) is 4.98 Å². The van der Waals surface area contributed by atoms with Crippen LogP contribution < -0.4 is 10.1 Å². The SMILES string of the molecule is Cc1cccc(NC[C@H](O)c2ccc(OC(F)F)cc2)n1. The van der Waals surface area contributed by atoms with E-state index in [4.69, 9.17) is 0 Å². The Bertz CT molecular complexity index is 576. The lowest BCUT2D eigenvalue weighted by Crippen LogP contribution is -2.13. The van der Waals surface area contributed by atoms with Crippen molar-refractivity contribution in [2.24, 2.45) is 0 Å². The number of rotatable bonds is 6. The number of alkyl halides is 2.